The van der Waals surface area contributed by atoms with E-state index in [9.17, 15) is 4.79 Å². The van der Waals surface area contributed by atoms with Gasteiger partial charge in [0.15, 0.2) is 17.2 Å². The van der Waals surface area contributed by atoms with E-state index in [4.69, 9.17) is 14.3 Å². The number of rotatable bonds is 10. The van der Waals surface area contributed by atoms with Crippen molar-refractivity contribution in [2.24, 2.45) is 5.16 Å². The number of carbonyl (C=O) groups excluding carboxylic acids is 1. The summed E-state index contributed by atoms with van der Waals surface area (Å²) in [6.45, 7) is 3.15. The lowest BCUT2D eigenvalue weighted by atomic mass is 10.1. The zero-order valence-electron chi connectivity index (χ0n) is 16.3. The average Bonchev–Trinajstić information content (AvgIpc) is 2.71. The molecular formula is C21H25BrN2O4. The number of methoxy groups -OCH3 is 1. The highest BCUT2D eigenvalue weighted by Gasteiger charge is 2.15. The summed E-state index contributed by atoms with van der Waals surface area (Å²) in [6, 6.07) is 13.1. The van der Waals surface area contributed by atoms with E-state index in [1.165, 1.54) is 7.11 Å². The maximum atomic E-state index is 12.5. The molecule has 0 aromatic heterocycles. The second kappa shape index (κ2) is 11.3. The second-order valence-corrected chi connectivity index (χ2v) is 6.88. The summed E-state index contributed by atoms with van der Waals surface area (Å²) in [6.07, 6.45) is 1.58. The minimum Gasteiger partial charge on any atom is -0.493 e. The summed E-state index contributed by atoms with van der Waals surface area (Å²) in [5.41, 5.74) is 1.95. The molecule has 0 aliphatic heterocycles. The minimum atomic E-state index is -0.293. The van der Waals surface area contributed by atoms with Crippen LogP contribution >= 0.6 is 15.9 Å². The molecule has 0 aliphatic carbocycles. The predicted molar refractivity (Wildman–Crippen MR) is 113 cm³/mol. The van der Waals surface area contributed by atoms with Crippen molar-refractivity contribution in [2.75, 3.05) is 27.4 Å². The van der Waals surface area contributed by atoms with Gasteiger partial charge in [-0.15, -0.1) is 0 Å². The van der Waals surface area contributed by atoms with E-state index >= 15 is 0 Å². The molecule has 0 spiro atoms. The van der Waals surface area contributed by atoms with Gasteiger partial charge in [-0.3, -0.25) is 4.79 Å². The SMILES string of the molecule is CCCOc1ccc(CCNC(=O)/C(=N\OC)c2ccc(Br)cc2)cc1OC. The Morgan fingerprint density at radius 1 is 1.11 bits per heavy atom. The van der Waals surface area contributed by atoms with Crippen molar-refractivity contribution in [2.45, 2.75) is 19.8 Å². The topological polar surface area (TPSA) is 69.2 Å². The van der Waals surface area contributed by atoms with E-state index in [-0.39, 0.29) is 11.6 Å². The molecule has 7 heteroatoms. The van der Waals surface area contributed by atoms with Crippen molar-refractivity contribution in [1.82, 2.24) is 5.32 Å². The van der Waals surface area contributed by atoms with Gasteiger partial charge in [-0.2, -0.15) is 0 Å². The standard InChI is InChI=1S/C21H25BrN2O4/c1-4-13-28-18-10-5-15(14-19(18)26-2)11-12-23-21(25)20(24-27-3)16-6-8-17(22)9-7-16/h5-10,14H,4,11-13H2,1-3H3,(H,23,25)/b24-20-. The number of halogens is 1. The normalized spacial score (nSPS) is 11.1. The largest absolute Gasteiger partial charge is 0.493 e. The van der Waals surface area contributed by atoms with Crippen LogP contribution < -0.4 is 14.8 Å². The van der Waals surface area contributed by atoms with Crippen molar-refractivity contribution in [1.29, 1.82) is 0 Å². The van der Waals surface area contributed by atoms with Crippen molar-refractivity contribution < 1.29 is 19.1 Å². The molecule has 0 saturated heterocycles. The lowest BCUT2D eigenvalue weighted by molar-refractivity contribution is -0.114. The van der Waals surface area contributed by atoms with Crippen LogP contribution in [0, 0.1) is 0 Å². The fraction of sp³-hybridized carbons (Fsp3) is 0.333. The van der Waals surface area contributed by atoms with Crippen LogP contribution in [0.1, 0.15) is 24.5 Å². The van der Waals surface area contributed by atoms with Gasteiger partial charge in [0.1, 0.15) is 7.11 Å². The molecule has 0 unspecified atom stereocenters. The third-order valence-corrected chi connectivity index (χ3v) is 4.43. The summed E-state index contributed by atoms with van der Waals surface area (Å²) in [5, 5.41) is 6.75. The zero-order valence-corrected chi connectivity index (χ0v) is 17.9. The number of amides is 1. The van der Waals surface area contributed by atoms with Gasteiger partial charge in [0.25, 0.3) is 5.91 Å². The van der Waals surface area contributed by atoms with Crippen LogP contribution in [-0.4, -0.2) is 39.0 Å². The van der Waals surface area contributed by atoms with Gasteiger partial charge >= 0.3 is 0 Å². The highest BCUT2D eigenvalue weighted by Crippen LogP contribution is 2.28. The van der Waals surface area contributed by atoms with Crippen LogP contribution in [0.5, 0.6) is 11.5 Å². The molecule has 2 rings (SSSR count). The molecule has 0 aliphatic rings. The van der Waals surface area contributed by atoms with Gasteiger partial charge in [0, 0.05) is 16.6 Å². The van der Waals surface area contributed by atoms with Crippen LogP contribution in [0.4, 0.5) is 0 Å². The van der Waals surface area contributed by atoms with Crippen LogP contribution in [0.2, 0.25) is 0 Å². The number of nitrogens with one attached hydrogen (secondary N) is 1. The monoisotopic (exact) mass is 448 g/mol. The summed E-state index contributed by atoms with van der Waals surface area (Å²) < 4.78 is 12.0. The van der Waals surface area contributed by atoms with E-state index in [1.807, 2.05) is 30.3 Å². The number of carbonyl (C=O) groups is 1. The van der Waals surface area contributed by atoms with Gasteiger partial charge in [0.2, 0.25) is 0 Å². The molecule has 1 amide bonds. The Morgan fingerprint density at radius 3 is 2.50 bits per heavy atom. The lowest BCUT2D eigenvalue weighted by Gasteiger charge is -2.12. The molecule has 0 bridgehead atoms. The molecule has 0 atom stereocenters. The quantitative estimate of drug-likeness (QED) is 0.441. The van der Waals surface area contributed by atoms with Crippen molar-refractivity contribution >= 4 is 27.5 Å². The van der Waals surface area contributed by atoms with E-state index < -0.39 is 0 Å². The third-order valence-electron chi connectivity index (χ3n) is 3.90. The predicted octanol–water partition coefficient (Wildman–Crippen LogP) is 3.96. The third kappa shape index (κ3) is 6.27. The molecule has 6 nitrogen and oxygen atoms in total. The number of hydrogen-bond acceptors (Lipinski definition) is 5. The van der Waals surface area contributed by atoms with Crippen LogP contribution in [-0.2, 0) is 16.1 Å². The van der Waals surface area contributed by atoms with E-state index in [0.29, 0.717) is 30.9 Å². The van der Waals surface area contributed by atoms with E-state index in [0.717, 1.165) is 22.2 Å². The van der Waals surface area contributed by atoms with Gasteiger partial charge in [-0.05, 0) is 42.7 Å². The first-order valence-corrected chi connectivity index (χ1v) is 9.83. The van der Waals surface area contributed by atoms with Gasteiger partial charge < -0.3 is 19.6 Å². The Bertz CT molecular complexity index is 807. The van der Waals surface area contributed by atoms with E-state index in [2.05, 4.69) is 33.3 Å². The van der Waals surface area contributed by atoms with Gasteiger partial charge in [0.05, 0.1) is 13.7 Å². The first kappa shape index (κ1) is 21.8. The molecule has 2 aromatic carbocycles. The molecule has 28 heavy (non-hydrogen) atoms. The second-order valence-electron chi connectivity index (χ2n) is 5.97. The smallest absolute Gasteiger partial charge is 0.273 e. The minimum absolute atomic E-state index is 0.232. The highest BCUT2D eigenvalue weighted by atomic mass is 79.9. The average molecular weight is 449 g/mol. The van der Waals surface area contributed by atoms with E-state index in [1.54, 1.807) is 19.2 Å². The first-order chi connectivity index (χ1) is 13.6. The lowest BCUT2D eigenvalue weighted by Crippen LogP contribution is -2.33. The molecule has 150 valence electrons. The molecule has 0 saturated carbocycles. The first-order valence-electron chi connectivity index (χ1n) is 9.04. The van der Waals surface area contributed by atoms with Crippen molar-refractivity contribution in [3.05, 3.63) is 58.1 Å². The van der Waals surface area contributed by atoms with Crippen molar-refractivity contribution in [3.63, 3.8) is 0 Å². The maximum absolute atomic E-state index is 12.5. The molecule has 0 radical (unpaired) electrons. The Morgan fingerprint density at radius 2 is 1.86 bits per heavy atom. The summed E-state index contributed by atoms with van der Waals surface area (Å²) in [5.74, 6) is 1.12. The molecule has 1 N–H and O–H groups in total. The Kier molecular flexibility index (Phi) is 8.81. The Balaban J connectivity index is 1.98. The van der Waals surface area contributed by atoms with Crippen LogP contribution in [0.25, 0.3) is 0 Å². The van der Waals surface area contributed by atoms with Crippen molar-refractivity contribution in [3.8, 4) is 11.5 Å². The number of oxime groups is 1. The number of ether oxygens (including phenoxy) is 2. The Hall–Kier alpha value is -2.54. The number of benzene rings is 2. The van der Waals surface area contributed by atoms with Crippen LogP contribution in [0.3, 0.4) is 0 Å². The molecule has 2 aromatic rings. The number of hydrogen-bond donors (Lipinski definition) is 1. The molecule has 0 heterocycles. The molecular weight excluding hydrogens is 424 g/mol. The fourth-order valence-electron chi connectivity index (χ4n) is 2.53. The summed E-state index contributed by atoms with van der Waals surface area (Å²) >= 11 is 3.38. The summed E-state index contributed by atoms with van der Waals surface area (Å²) in [4.78, 5) is 17.4. The van der Waals surface area contributed by atoms with Crippen LogP contribution in [0.15, 0.2) is 52.1 Å². The summed E-state index contributed by atoms with van der Waals surface area (Å²) in [7, 11) is 3.03. The fourth-order valence-corrected chi connectivity index (χ4v) is 2.79. The van der Waals surface area contributed by atoms with Gasteiger partial charge in [-0.1, -0.05) is 46.2 Å². The molecule has 0 fully saturated rings. The zero-order chi connectivity index (χ0) is 20.4. The van der Waals surface area contributed by atoms with Gasteiger partial charge in [-0.25, -0.2) is 0 Å². The Labute approximate surface area is 174 Å². The maximum Gasteiger partial charge on any atom is 0.273 e. The number of nitrogens with zero attached hydrogens (tertiary/aromatic N) is 1. The highest BCUT2D eigenvalue weighted by molar-refractivity contribution is 9.10.